The van der Waals surface area contributed by atoms with Crippen molar-refractivity contribution >= 4 is 17.1 Å². The van der Waals surface area contributed by atoms with Crippen LogP contribution >= 0.6 is 0 Å². The van der Waals surface area contributed by atoms with Crippen LogP contribution in [0.5, 0.6) is 0 Å². The van der Waals surface area contributed by atoms with Gasteiger partial charge in [0, 0.05) is 11.7 Å². The Balaban J connectivity index is 2.09. The van der Waals surface area contributed by atoms with Gasteiger partial charge in [-0.25, -0.2) is 9.97 Å². The molecule has 0 aliphatic carbocycles. The number of H-pyrrole nitrogens is 1. The van der Waals surface area contributed by atoms with E-state index in [9.17, 15) is 4.79 Å². The maximum atomic E-state index is 11.8. The lowest BCUT2D eigenvalue weighted by molar-refractivity contribution is -0.121. The number of amides is 1. The SMILES string of the molecule is Cc1nc2nc3c(cc2[nH]1)CC(=O)NC(C)CC3. The number of imidazole rings is 1. The van der Waals surface area contributed by atoms with E-state index in [4.69, 9.17) is 0 Å². The Morgan fingerprint density at radius 3 is 3.06 bits per heavy atom. The highest BCUT2D eigenvalue weighted by atomic mass is 16.1. The van der Waals surface area contributed by atoms with E-state index in [1.54, 1.807) is 0 Å². The van der Waals surface area contributed by atoms with Crippen molar-refractivity contribution in [1.29, 1.82) is 0 Å². The van der Waals surface area contributed by atoms with Gasteiger partial charge in [0.1, 0.15) is 5.82 Å². The number of nitrogens with zero attached hydrogens (tertiary/aromatic N) is 2. The molecule has 1 aliphatic heterocycles. The van der Waals surface area contributed by atoms with Gasteiger partial charge < -0.3 is 10.3 Å². The van der Waals surface area contributed by atoms with Gasteiger partial charge in [-0.2, -0.15) is 0 Å². The molecule has 2 aromatic heterocycles. The molecule has 1 unspecified atom stereocenters. The molecule has 94 valence electrons. The van der Waals surface area contributed by atoms with Crippen molar-refractivity contribution in [2.75, 3.05) is 0 Å². The van der Waals surface area contributed by atoms with Gasteiger partial charge >= 0.3 is 0 Å². The van der Waals surface area contributed by atoms with E-state index in [0.717, 1.165) is 41.1 Å². The molecule has 1 atom stereocenters. The molecular formula is C13H16N4O. The minimum atomic E-state index is 0.0702. The molecule has 2 aromatic rings. The molecule has 5 nitrogen and oxygen atoms in total. The van der Waals surface area contributed by atoms with Gasteiger partial charge in [0.2, 0.25) is 5.91 Å². The third kappa shape index (κ3) is 1.96. The van der Waals surface area contributed by atoms with Crippen molar-refractivity contribution in [3.05, 3.63) is 23.1 Å². The second-order valence-corrected chi connectivity index (χ2v) is 4.97. The standard InChI is InChI=1S/C13H16N4O/c1-7-3-4-10-9(6-12(18)14-7)5-11-13(17-10)16-8(2)15-11/h5,7H,3-4,6H2,1-2H3,(H,14,18)(H,15,16,17). The molecule has 0 saturated carbocycles. The summed E-state index contributed by atoms with van der Waals surface area (Å²) in [4.78, 5) is 23.9. The zero-order valence-electron chi connectivity index (χ0n) is 10.6. The van der Waals surface area contributed by atoms with E-state index in [-0.39, 0.29) is 11.9 Å². The van der Waals surface area contributed by atoms with E-state index >= 15 is 0 Å². The molecule has 0 fully saturated rings. The molecule has 5 heteroatoms. The number of aromatic amines is 1. The zero-order chi connectivity index (χ0) is 12.7. The van der Waals surface area contributed by atoms with Crippen LogP contribution < -0.4 is 5.32 Å². The van der Waals surface area contributed by atoms with Crippen LogP contribution in [0.2, 0.25) is 0 Å². The third-order valence-electron chi connectivity index (χ3n) is 3.33. The number of carbonyl (C=O) groups is 1. The summed E-state index contributed by atoms with van der Waals surface area (Å²) in [6.07, 6.45) is 2.21. The summed E-state index contributed by atoms with van der Waals surface area (Å²) in [6.45, 7) is 3.94. The number of fused-ring (bicyclic) bond motifs is 2. The molecule has 0 aromatic carbocycles. The lowest BCUT2D eigenvalue weighted by Crippen LogP contribution is -2.36. The number of pyridine rings is 1. The van der Waals surface area contributed by atoms with Gasteiger partial charge in [-0.3, -0.25) is 4.79 Å². The Bertz CT molecular complexity index is 617. The lowest BCUT2D eigenvalue weighted by Gasteiger charge is -2.18. The van der Waals surface area contributed by atoms with E-state index < -0.39 is 0 Å². The lowest BCUT2D eigenvalue weighted by atomic mass is 10.0. The smallest absolute Gasteiger partial charge is 0.224 e. The van der Waals surface area contributed by atoms with Gasteiger partial charge in [-0.1, -0.05) is 0 Å². The third-order valence-corrected chi connectivity index (χ3v) is 3.33. The normalized spacial score (nSPS) is 20.1. The van der Waals surface area contributed by atoms with Crippen LogP contribution in [0, 0.1) is 6.92 Å². The highest BCUT2D eigenvalue weighted by Gasteiger charge is 2.18. The maximum Gasteiger partial charge on any atom is 0.224 e. The van der Waals surface area contributed by atoms with Gasteiger partial charge in [-0.05, 0) is 38.3 Å². The summed E-state index contributed by atoms with van der Waals surface area (Å²) in [5.74, 6) is 0.925. The van der Waals surface area contributed by atoms with Crippen molar-refractivity contribution < 1.29 is 4.79 Å². The number of rotatable bonds is 0. The molecule has 0 saturated heterocycles. The summed E-state index contributed by atoms with van der Waals surface area (Å²) in [5, 5.41) is 2.98. The summed E-state index contributed by atoms with van der Waals surface area (Å²) < 4.78 is 0. The minimum Gasteiger partial charge on any atom is -0.353 e. The van der Waals surface area contributed by atoms with Crippen LogP contribution in [0.1, 0.15) is 30.4 Å². The Kier molecular flexibility index (Phi) is 2.54. The second kappa shape index (κ2) is 4.08. The first-order chi connectivity index (χ1) is 8.61. The van der Waals surface area contributed by atoms with Gasteiger partial charge in [0.15, 0.2) is 5.65 Å². The minimum absolute atomic E-state index is 0.0702. The summed E-state index contributed by atoms with van der Waals surface area (Å²) in [6, 6.07) is 2.22. The van der Waals surface area contributed by atoms with Crippen LogP contribution in [-0.4, -0.2) is 26.9 Å². The average molecular weight is 244 g/mol. The Hall–Kier alpha value is -1.91. The highest BCUT2D eigenvalue weighted by molar-refractivity contribution is 5.81. The number of aromatic nitrogens is 3. The molecule has 3 rings (SSSR count). The first-order valence-electron chi connectivity index (χ1n) is 6.26. The van der Waals surface area contributed by atoms with E-state index in [1.165, 1.54) is 0 Å². The first-order valence-corrected chi connectivity index (χ1v) is 6.26. The molecular weight excluding hydrogens is 228 g/mol. The molecule has 3 heterocycles. The van der Waals surface area contributed by atoms with Crippen LogP contribution in [-0.2, 0) is 17.6 Å². The Morgan fingerprint density at radius 2 is 2.22 bits per heavy atom. The molecule has 0 radical (unpaired) electrons. The van der Waals surface area contributed by atoms with Crippen LogP contribution in [0.15, 0.2) is 6.07 Å². The molecule has 1 aliphatic rings. The molecule has 0 bridgehead atoms. The van der Waals surface area contributed by atoms with E-state index in [2.05, 4.69) is 20.3 Å². The number of carbonyl (C=O) groups excluding carboxylic acids is 1. The van der Waals surface area contributed by atoms with Crippen LogP contribution in [0.25, 0.3) is 11.2 Å². The summed E-state index contributed by atoms with van der Waals surface area (Å²) in [7, 11) is 0. The van der Waals surface area contributed by atoms with Gasteiger partial charge in [0.05, 0.1) is 11.9 Å². The summed E-state index contributed by atoms with van der Waals surface area (Å²) in [5.41, 5.74) is 3.68. The van der Waals surface area contributed by atoms with Gasteiger partial charge in [0.25, 0.3) is 0 Å². The van der Waals surface area contributed by atoms with Crippen LogP contribution in [0.3, 0.4) is 0 Å². The average Bonchev–Trinajstić information content (AvgIpc) is 2.63. The fraction of sp³-hybridized carbons (Fsp3) is 0.462. The van der Waals surface area contributed by atoms with Crippen molar-refractivity contribution in [3.63, 3.8) is 0 Å². The predicted molar refractivity (Wildman–Crippen MR) is 68.3 cm³/mol. The number of hydrogen-bond acceptors (Lipinski definition) is 3. The zero-order valence-corrected chi connectivity index (χ0v) is 10.6. The molecule has 0 spiro atoms. The quantitative estimate of drug-likeness (QED) is 0.733. The van der Waals surface area contributed by atoms with E-state index in [0.29, 0.717) is 6.42 Å². The molecule has 1 amide bonds. The van der Waals surface area contributed by atoms with Crippen molar-refractivity contribution in [2.24, 2.45) is 0 Å². The van der Waals surface area contributed by atoms with Crippen molar-refractivity contribution in [1.82, 2.24) is 20.3 Å². The van der Waals surface area contributed by atoms with Crippen LogP contribution in [0.4, 0.5) is 0 Å². The molecule has 2 N–H and O–H groups in total. The largest absolute Gasteiger partial charge is 0.353 e. The highest BCUT2D eigenvalue weighted by Crippen LogP contribution is 2.19. The monoisotopic (exact) mass is 244 g/mol. The predicted octanol–water partition coefficient (Wildman–Crippen LogP) is 1.26. The fourth-order valence-corrected chi connectivity index (χ4v) is 2.43. The Labute approximate surface area is 105 Å². The number of hydrogen-bond donors (Lipinski definition) is 2. The molecule has 18 heavy (non-hydrogen) atoms. The maximum absolute atomic E-state index is 11.8. The number of aryl methyl sites for hydroxylation is 2. The summed E-state index contributed by atoms with van der Waals surface area (Å²) >= 11 is 0. The fourth-order valence-electron chi connectivity index (χ4n) is 2.43. The van der Waals surface area contributed by atoms with Crippen molar-refractivity contribution in [3.8, 4) is 0 Å². The first kappa shape index (κ1) is 11.2. The Morgan fingerprint density at radius 1 is 1.39 bits per heavy atom. The second-order valence-electron chi connectivity index (χ2n) is 4.97. The van der Waals surface area contributed by atoms with E-state index in [1.807, 2.05) is 19.9 Å². The van der Waals surface area contributed by atoms with Crippen molar-refractivity contribution in [2.45, 2.75) is 39.2 Å². The van der Waals surface area contributed by atoms with Gasteiger partial charge in [-0.15, -0.1) is 0 Å². The number of nitrogens with one attached hydrogen (secondary N) is 2. The topological polar surface area (TPSA) is 70.7 Å².